The number of aliphatic hydroxyl groups is 1. The van der Waals surface area contributed by atoms with Gasteiger partial charge in [0.25, 0.3) is 0 Å². The van der Waals surface area contributed by atoms with Gasteiger partial charge in [0.05, 0.1) is 12.3 Å². The molecule has 0 heterocycles. The highest BCUT2D eigenvalue weighted by Crippen LogP contribution is 2.19. The van der Waals surface area contributed by atoms with Crippen molar-refractivity contribution in [2.45, 2.75) is 26.1 Å². The lowest BCUT2D eigenvalue weighted by molar-refractivity contribution is 0.281. The summed E-state index contributed by atoms with van der Waals surface area (Å²) in [6.07, 6.45) is 0. The summed E-state index contributed by atoms with van der Waals surface area (Å²) in [6, 6.07) is 13.3. The zero-order chi connectivity index (χ0) is 16.1. The average molecular weight is 302 g/mol. The Morgan fingerprint density at radius 3 is 2.55 bits per heavy atom. The highest BCUT2D eigenvalue weighted by molar-refractivity contribution is 5.47. The van der Waals surface area contributed by atoms with Gasteiger partial charge in [-0.3, -0.25) is 0 Å². The molecule has 0 amide bonds. The van der Waals surface area contributed by atoms with Crippen LogP contribution >= 0.6 is 0 Å². The maximum atomic E-state index is 13.9. The number of nitrogens with zero attached hydrogens (tertiary/aromatic N) is 1. The molecule has 22 heavy (non-hydrogen) atoms. The molecule has 2 aromatic rings. The van der Waals surface area contributed by atoms with Crippen molar-refractivity contribution in [2.75, 3.05) is 19.0 Å². The van der Waals surface area contributed by atoms with Crippen LogP contribution in [0.15, 0.2) is 42.5 Å². The maximum absolute atomic E-state index is 13.9. The molecule has 0 fully saturated rings. The van der Waals surface area contributed by atoms with Gasteiger partial charge in [0.1, 0.15) is 5.82 Å². The van der Waals surface area contributed by atoms with Crippen molar-refractivity contribution in [3.05, 3.63) is 65.0 Å². The largest absolute Gasteiger partial charge is 0.392 e. The molecule has 2 rings (SSSR count). The summed E-state index contributed by atoms with van der Waals surface area (Å²) in [4.78, 5) is 1.76. The number of hydrogen-bond acceptors (Lipinski definition) is 3. The molecular formula is C18H23FN2O. The molecule has 4 heteroatoms. The summed E-state index contributed by atoms with van der Waals surface area (Å²) in [6.45, 7) is 2.69. The Balaban J connectivity index is 2.01. The highest BCUT2D eigenvalue weighted by Gasteiger charge is 2.08. The molecule has 0 spiro atoms. The van der Waals surface area contributed by atoms with Crippen LogP contribution in [0.4, 0.5) is 10.1 Å². The molecule has 118 valence electrons. The molecule has 0 aliphatic heterocycles. The third-order valence-corrected chi connectivity index (χ3v) is 3.74. The van der Waals surface area contributed by atoms with Gasteiger partial charge in [-0.15, -0.1) is 0 Å². The normalized spacial score (nSPS) is 12.2. The van der Waals surface area contributed by atoms with Gasteiger partial charge in [-0.05, 0) is 35.7 Å². The molecule has 2 N–H and O–H groups in total. The molecule has 0 aromatic heterocycles. The first-order valence-electron chi connectivity index (χ1n) is 7.40. The van der Waals surface area contributed by atoms with E-state index in [1.165, 1.54) is 0 Å². The number of halogens is 1. The van der Waals surface area contributed by atoms with Crippen LogP contribution < -0.4 is 10.2 Å². The van der Waals surface area contributed by atoms with E-state index >= 15 is 0 Å². The summed E-state index contributed by atoms with van der Waals surface area (Å²) in [5.74, 6) is -0.209. The molecule has 3 nitrogen and oxygen atoms in total. The van der Waals surface area contributed by atoms with Gasteiger partial charge < -0.3 is 15.3 Å². The topological polar surface area (TPSA) is 35.5 Å². The molecule has 0 bridgehead atoms. The van der Waals surface area contributed by atoms with Crippen LogP contribution in [-0.2, 0) is 13.2 Å². The smallest absolute Gasteiger partial charge is 0.146 e. The van der Waals surface area contributed by atoms with Crippen LogP contribution in [0.2, 0.25) is 0 Å². The Morgan fingerprint density at radius 2 is 1.91 bits per heavy atom. The number of anilines is 1. The number of rotatable bonds is 6. The Labute approximate surface area is 131 Å². The number of benzene rings is 2. The van der Waals surface area contributed by atoms with Crippen LogP contribution in [-0.4, -0.2) is 19.2 Å². The van der Waals surface area contributed by atoms with Crippen molar-refractivity contribution >= 4 is 5.69 Å². The second kappa shape index (κ2) is 7.38. The number of aliphatic hydroxyl groups excluding tert-OH is 1. The zero-order valence-corrected chi connectivity index (χ0v) is 13.3. The molecule has 1 unspecified atom stereocenters. The second-order valence-corrected chi connectivity index (χ2v) is 5.69. The van der Waals surface area contributed by atoms with E-state index in [0.29, 0.717) is 12.2 Å². The van der Waals surface area contributed by atoms with Crippen molar-refractivity contribution in [3.63, 3.8) is 0 Å². The number of nitrogens with one attached hydrogen (secondary N) is 1. The van der Waals surface area contributed by atoms with E-state index < -0.39 is 0 Å². The van der Waals surface area contributed by atoms with E-state index in [1.54, 1.807) is 17.0 Å². The molecule has 0 saturated heterocycles. The predicted molar refractivity (Wildman–Crippen MR) is 88.3 cm³/mol. The van der Waals surface area contributed by atoms with Crippen LogP contribution in [0.1, 0.15) is 29.7 Å². The Hall–Kier alpha value is -1.91. The fraction of sp³-hybridized carbons (Fsp3) is 0.333. The van der Waals surface area contributed by atoms with Gasteiger partial charge in [-0.25, -0.2) is 4.39 Å². The fourth-order valence-corrected chi connectivity index (χ4v) is 2.37. The van der Waals surface area contributed by atoms with E-state index in [4.69, 9.17) is 0 Å². The van der Waals surface area contributed by atoms with E-state index in [0.717, 1.165) is 16.7 Å². The summed E-state index contributed by atoms with van der Waals surface area (Å²) >= 11 is 0. The van der Waals surface area contributed by atoms with Crippen molar-refractivity contribution in [2.24, 2.45) is 0 Å². The maximum Gasteiger partial charge on any atom is 0.146 e. The fourth-order valence-electron chi connectivity index (χ4n) is 2.37. The average Bonchev–Trinajstić information content (AvgIpc) is 2.52. The minimum Gasteiger partial charge on any atom is -0.392 e. The standard InChI is InChI=1S/C18H23FN2O/c1-13(16-6-4-5-15(9-16)12-22)20-11-14-7-8-18(21(2)3)17(19)10-14/h4-10,13,20,22H,11-12H2,1-3H3. The molecule has 1 atom stereocenters. The van der Waals surface area contributed by atoms with Gasteiger partial charge in [0, 0.05) is 26.7 Å². The molecule has 2 aromatic carbocycles. The molecule has 0 aliphatic carbocycles. The minimum atomic E-state index is -0.209. The monoisotopic (exact) mass is 302 g/mol. The van der Waals surface area contributed by atoms with E-state index in [2.05, 4.69) is 12.2 Å². The Kier molecular flexibility index (Phi) is 5.52. The van der Waals surface area contributed by atoms with Crippen molar-refractivity contribution in [3.8, 4) is 0 Å². The number of hydrogen-bond donors (Lipinski definition) is 2. The van der Waals surface area contributed by atoms with Crippen LogP contribution in [0.5, 0.6) is 0 Å². The van der Waals surface area contributed by atoms with Gasteiger partial charge in [0.2, 0.25) is 0 Å². The quantitative estimate of drug-likeness (QED) is 0.860. The molecule has 0 aliphatic rings. The first kappa shape index (κ1) is 16.5. The Bertz CT molecular complexity index is 628. The lowest BCUT2D eigenvalue weighted by Crippen LogP contribution is -2.18. The van der Waals surface area contributed by atoms with Crippen LogP contribution in [0.25, 0.3) is 0 Å². The van der Waals surface area contributed by atoms with E-state index in [1.807, 2.05) is 44.4 Å². The van der Waals surface area contributed by atoms with Crippen molar-refractivity contribution in [1.29, 1.82) is 0 Å². The molecule has 0 saturated carbocycles. The lowest BCUT2D eigenvalue weighted by atomic mass is 10.0. The van der Waals surface area contributed by atoms with Crippen molar-refractivity contribution < 1.29 is 9.50 Å². The van der Waals surface area contributed by atoms with E-state index in [-0.39, 0.29) is 18.5 Å². The first-order valence-corrected chi connectivity index (χ1v) is 7.40. The highest BCUT2D eigenvalue weighted by atomic mass is 19.1. The lowest BCUT2D eigenvalue weighted by Gasteiger charge is -2.17. The molecular weight excluding hydrogens is 279 g/mol. The van der Waals surface area contributed by atoms with E-state index in [9.17, 15) is 9.50 Å². The zero-order valence-electron chi connectivity index (χ0n) is 13.3. The van der Waals surface area contributed by atoms with Gasteiger partial charge in [-0.1, -0.05) is 30.3 Å². The first-order chi connectivity index (χ1) is 10.5. The third-order valence-electron chi connectivity index (χ3n) is 3.74. The Morgan fingerprint density at radius 1 is 1.14 bits per heavy atom. The van der Waals surface area contributed by atoms with Gasteiger partial charge in [0.15, 0.2) is 0 Å². The minimum absolute atomic E-state index is 0.0395. The van der Waals surface area contributed by atoms with Crippen LogP contribution in [0.3, 0.4) is 0 Å². The molecule has 0 radical (unpaired) electrons. The van der Waals surface area contributed by atoms with Crippen LogP contribution in [0, 0.1) is 5.82 Å². The SMILES string of the molecule is CC(NCc1ccc(N(C)C)c(F)c1)c1cccc(CO)c1. The summed E-state index contributed by atoms with van der Waals surface area (Å²) < 4.78 is 13.9. The summed E-state index contributed by atoms with van der Waals surface area (Å²) in [5.41, 5.74) is 3.50. The summed E-state index contributed by atoms with van der Waals surface area (Å²) in [5, 5.41) is 12.6. The predicted octanol–water partition coefficient (Wildman–Crippen LogP) is 3.23. The summed E-state index contributed by atoms with van der Waals surface area (Å²) in [7, 11) is 3.65. The third kappa shape index (κ3) is 4.06. The van der Waals surface area contributed by atoms with Crippen molar-refractivity contribution in [1.82, 2.24) is 5.32 Å². The van der Waals surface area contributed by atoms with Gasteiger partial charge in [-0.2, -0.15) is 0 Å². The second-order valence-electron chi connectivity index (χ2n) is 5.69. The van der Waals surface area contributed by atoms with Gasteiger partial charge >= 0.3 is 0 Å².